The number of hydrogen-bond acceptors (Lipinski definition) is 6. The number of aromatic nitrogens is 2. The van der Waals surface area contributed by atoms with Crippen LogP contribution in [-0.4, -0.2) is 16.0 Å². The first-order valence-electron chi connectivity index (χ1n) is 5.89. The van der Waals surface area contributed by atoms with E-state index in [1.807, 2.05) is 12.1 Å². The van der Waals surface area contributed by atoms with Crippen molar-refractivity contribution in [1.82, 2.24) is 10.2 Å². The molecule has 0 saturated heterocycles. The van der Waals surface area contributed by atoms with Crippen molar-refractivity contribution in [2.24, 2.45) is 0 Å². The van der Waals surface area contributed by atoms with Gasteiger partial charge in [0, 0.05) is 5.69 Å². The molecule has 0 saturated carbocycles. The topological polar surface area (TPSA) is 61.6 Å². The van der Waals surface area contributed by atoms with Crippen LogP contribution in [0.3, 0.4) is 0 Å². The standard InChI is InChI=1S/C13H14N4S2/c1-9(2)10-3-5-11(6-4-10)15-12-16-17-13(19-12)18-8-7-14/h3-6,9H,8H2,1-2H3,(H,15,16). The summed E-state index contributed by atoms with van der Waals surface area (Å²) in [7, 11) is 0. The van der Waals surface area contributed by atoms with Crippen molar-refractivity contribution in [2.75, 3.05) is 11.1 Å². The minimum Gasteiger partial charge on any atom is -0.330 e. The Hall–Kier alpha value is -1.58. The number of hydrogen-bond donors (Lipinski definition) is 1. The van der Waals surface area contributed by atoms with Gasteiger partial charge >= 0.3 is 0 Å². The van der Waals surface area contributed by atoms with Gasteiger partial charge in [0.2, 0.25) is 5.13 Å². The van der Waals surface area contributed by atoms with Gasteiger partial charge in [-0.05, 0) is 23.6 Å². The summed E-state index contributed by atoms with van der Waals surface area (Å²) < 4.78 is 0.808. The molecule has 98 valence electrons. The van der Waals surface area contributed by atoms with Gasteiger partial charge in [-0.2, -0.15) is 5.26 Å². The fourth-order valence-electron chi connectivity index (χ4n) is 1.49. The van der Waals surface area contributed by atoms with Crippen LogP contribution >= 0.6 is 23.1 Å². The fourth-order valence-corrected chi connectivity index (χ4v) is 2.92. The minimum atomic E-state index is 0.401. The van der Waals surface area contributed by atoms with Crippen LogP contribution in [-0.2, 0) is 0 Å². The van der Waals surface area contributed by atoms with Crippen molar-refractivity contribution in [1.29, 1.82) is 5.26 Å². The van der Waals surface area contributed by atoms with E-state index in [0.717, 1.165) is 15.2 Å². The largest absolute Gasteiger partial charge is 0.330 e. The molecule has 2 rings (SSSR count). The highest BCUT2D eigenvalue weighted by atomic mass is 32.2. The third-order valence-corrected chi connectivity index (χ3v) is 4.33. The molecule has 1 heterocycles. The maximum Gasteiger partial charge on any atom is 0.210 e. The first kappa shape index (κ1) is 13.8. The third kappa shape index (κ3) is 3.94. The molecule has 0 aliphatic heterocycles. The molecular weight excluding hydrogens is 276 g/mol. The van der Waals surface area contributed by atoms with Gasteiger partial charge in [-0.15, -0.1) is 10.2 Å². The first-order valence-corrected chi connectivity index (χ1v) is 7.69. The normalized spacial score (nSPS) is 10.4. The first-order chi connectivity index (χ1) is 9.19. The Morgan fingerprint density at radius 2 is 2.05 bits per heavy atom. The maximum absolute atomic E-state index is 8.51. The van der Waals surface area contributed by atoms with Crippen molar-refractivity contribution >= 4 is 33.9 Å². The Bertz CT molecular complexity index is 569. The molecule has 1 aromatic carbocycles. The van der Waals surface area contributed by atoms with E-state index < -0.39 is 0 Å². The lowest BCUT2D eigenvalue weighted by Crippen LogP contribution is -1.91. The molecule has 6 heteroatoms. The number of nitrogens with zero attached hydrogens (tertiary/aromatic N) is 3. The zero-order valence-corrected chi connectivity index (χ0v) is 12.4. The Kier molecular flexibility index (Phi) is 4.77. The van der Waals surface area contributed by atoms with Gasteiger partial charge in [-0.1, -0.05) is 49.1 Å². The van der Waals surface area contributed by atoms with Crippen LogP contribution in [0.5, 0.6) is 0 Å². The zero-order valence-electron chi connectivity index (χ0n) is 10.8. The molecule has 0 atom stereocenters. The fraction of sp³-hybridized carbons (Fsp3) is 0.308. The van der Waals surface area contributed by atoms with E-state index in [2.05, 4.69) is 47.6 Å². The molecule has 0 fully saturated rings. The Morgan fingerprint density at radius 3 is 2.68 bits per heavy atom. The summed E-state index contributed by atoms with van der Waals surface area (Å²) in [4.78, 5) is 0. The Morgan fingerprint density at radius 1 is 1.32 bits per heavy atom. The Labute approximate surface area is 120 Å². The monoisotopic (exact) mass is 290 g/mol. The molecule has 4 nitrogen and oxygen atoms in total. The SMILES string of the molecule is CC(C)c1ccc(Nc2nnc(SCC#N)s2)cc1. The molecule has 0 amide bonds. The molecule has 1 N–H and O–H groups in total. The summed E-state index contributed by atoms with van der Waals surface area (Å²) >= 11 is 2.86. The van der Waals surface area contributed by atoms with Gasteiger partial charge in [0.15, 0.2) is 4.34 Å². The average Bonchev–Trinajstić information content (AvgIpc) is 2.84. The predicted octanol–water partition coefficient (Wildman–Crippen LogP) is 4.02. The highest BCUT2D eigenvalue weighted by molar-refractivity contribution is 8.01. The molecule has 0 unspecified atom stereocenters. The molecule has 0 spiro atoms. The van der Waals surface area contributed by atoms with Crippen LogP contribution in [0.25, 0.3) is 0 Å². The van der Waals surface area contributed by atoms with E-state index in [1.165, 1.54) is 28.7 Å². The second-order valence-corrected chi connectivity index (χ2v) is 6.42. The van der Waals surface area contributed by atoms with E-state index in [1.54, 1.807) is 0 Å². The smallest absolute Gasteiger partial charge is 0.210 e. The summed E-state index contributed by atoms with van der Waals surface area (Å²) in [5.74, 6) is 0.933. The van der Waals surface area contributed by atoms with Gasteiger partial charge in [0.25, 0.3) is 0 Å². The molecular formula is C13H14N4S2. The number of anilines is 2. The van der Waals surface area contributed by atoms with Crippen molar-refractivity contribution in [3.8, 4) is 6.07 Å². The summed E-state index contributed by atoms with van der Waals surface area (Å²) in [6.45, 7) is 4.34. The van der Waals surface area contributed by atoms with Gasteiger partial charge in [0.05, 0.1) is 11.8 Å². The average molecular weight is 290 g/mol. The molecule has 1 aromatic heterocycles. The second-order valence-electron chi connectivity index (χ2n) is 4.22. The highest BCUT2D eigenvalue weighted by Crippen LogP contribution is 2.27. The van der Waals surface area contributed by atoms with Crippen molar-refractivity contribution < 1.29 is 0 Å². The van der Waals surface area contributed by atoms with Gasteiger partial charge in [0.1, 0.15) is 0 Å². The number of nitriles is 1. The van der Waals surface area contributed by atoms with E-state index in [-0.39, 0.29) is 0 Å². The number of thioether (sulfide) groups is 1. The predicted molar refractivity (Wildman–Crippen MR) is 80.1 cm³/mol. The lowest BCUT2D eigenvalue weighted by molar-refractivity contribution is 0.867. The van der Waals surface area contributed by atoms with Gasteiger partial charge in [-0.3, -0.25) is 0 Å². The highest BCUT2D eigenvalue weighted by Gasteiger charge is 2.05. The van der Waals surface area contributed by atoms with E-state index in [9.17, 15) is 0 Å². The van der Waals surface area contributed by atoms with Gasteiger partial charge in [-0.25, -0.2) is 0 Å². The lowest BCUT2D eigenvalue weighted by Gasteiger charge is -2.06. The van der Waals surface area contributed by atoms with Gasteiger partial charge < -0.3 is 5.32 Å². The molecule has 0 radical (unpaired) electrons. The molecule has 0 bridgehead atoms. The lowest BCUT2D eigenvalue weighted by atomic mass is 10.0. The number of rotatable bonds is 5. The van der Waals surface area contributed by atoms with Crippen LogP contribution in [0.2, 0.25) is 0 Å². The van der Waals surface area contributed by atoms with Crippen LogP contribution in [0.15, 0.2) is 28.6 Å². The molecule has 2 aromatic rings. The zero-order chi connectivity index (χ0) is 13.7. The van der Waals surface area contributed by atoms with Crippen LogP contribution in [0.4, 0.5) is 10.8 Å². The van der Waals surface area contributed by atoms with E-state index in [4.69, 9.17) is 5.26 Å². The second kappa shape index (κ2) is 6.55. The number of benzene rings is 1. The summed E-state index contributed by atoms with van der Waals surface area (Å²) in [6, 6.07) is 10.4. The van der Waals surface area contributed by atoms with E-state index in [0.29, 0.717) is 11.7 Å². The van der Waals surface area contributed by atoms with Crippen molar-refractivity contribution in [3.05, 3.63) is 29.8 Å². The minimum absolute atomic E-state index is 0.401. The molecule has 0 aliphatic rings. The summed E-state index contributed by atoms with van der Waals surface area (Å²) in [5.41, 5.74) is 2.31. The van der Waals surface area contributed by atoms with Crippen LogP contribution in [0.1, 0.15) is 25.3 Å². The number of nitrogens with one attached hydrogen (secondary N) is 1. The Balaban J connectivity index is 2.00. The summed E-state index contributed by atoms with van der Waals surface area (Å²) in [5, 5.41) is 20.5. The molecule has 0 aliphatic carbocycles. The quantitative estimate of drug-likeness (QED) is 0.843. The van der Waals surface area contributed by atoms with Crippen molar-refractivity contribution in [2.45, 2.75) is 24.1 Å². The maximum atomic E-state index is 8.51. The van der Waals surface area contributed by atoms with Crippen LogP contribution in [0, 0.1) is 11.3 Å². The van der Waals surface area contributed by atoms with Crippen LogP contribution < -0.4 is 5.32 Å². The third-order valence-electron chi connectivity index (χ3n) is 2.50. The summed E-state index contributed by atoms with van der Waals surface area (Å²) in [6.07, 6.45) is 0. The molecule has 19 heavy (non-hydrogen) atoms. The van der Waals surface area contributed by atoms with E-state index >= 15 is 0 Å². The van der Waals surface area contributed by atoms with Crippen molar-refractivity contribution in [3.63, 3.8) is 0 Å².